The van der Waals surface area contributed by atoms with Gasteiger partial charge in [-0.1, -0.05) is 47.2 Å². The Morgan fingerprint density at radius 3 is 2.62 bits per heavy atom. The molecule has 3 aromatic rings. The Morgan fingerprint density at radius 2 is 1.97 bits per heavy atom. The lowest BCUT2D eigenvalue weighted by Crippen LogP contribution is -2.39. The van der Waals surface area contributed by atoms with Crippen molar-refractivity contribution in [2.24, 2.45) is 4.99 Å². The molecule has 0 bridgehead atoms. The Bertz CT molecular complexity index is 1420. The van der Waals surface area contributed by atoms with Crippen LogP contribution in [0.1, 0.15) is 36.6 Å². The second-order valence-electron chi connectivity index (χ2n) is 7.42. The summed E-state index contributed by atoms with van der Waals surface area (Å²) in [6, 6.07) is 12.3. The minimum absolute atomic E-state index is 0.193. The lowest BCUT2D eigenvalue weighted by Gasteiger charge is -2.24. The average molecular weight is 560 g/mol. The summed E-state index contributed by atoms with van der Waals surface area (Å²) in [5.74, 6) is -0.278. The van der Waals surface area contributed by atoms with E-state index in [1.54, 1.807) is 42.7 Å². The number of ether oxygens (including phenoxy) is 1. The Balaban J connectivity index is 1.95. The summed E-state index contributed by atoms with van der Waals surface area (Å²) >= 11 is 3.32. The van der Waals surface area contributed by atoms with Crippen LogP contribution >= 0.6 is 33.9 Å². The Morgan fingerprint density at radius 1 is 1.25 bits per heavy atom. The van der Waals surface area contributed by atoms with Crippen LogP contribution in [0.3, 0.4) is 0 Å². The lowest BCUT2D eigenvalue weighted by molar-refractivity contribution is -0.139. The number of benzene rings is 2. The SMILES string of the molecule is CCOC(=O)C1=C(C)N=c2s/c(=C/c3ccc(O)c(I)c3)c(=O)n2[C@H]1c1ccc(C)cc1. The molecule has 2 heterocycles. The van der Waals surface area contributed by atoms with E-state index in [-0.39, 0.29) is 17.9 Å². The molecule has 0 fully saturated rings. The molecular formula is C24H21IN2O4S. The molecule has 0 saturated carbocycles. The molecule has 0 amide bonds. The summed E-state index contributed by atoms with van der Waals surface area (Å²) in [4.78, 5) is 31.5. The molecule has 1 aliphatic rings. The number of nitrogens with zero attached hydrogens (tertiary/aromatic N) is 2. The van der Waals surface area contributed by atoms with Gasteiger partial charge in [0.05, 0.1) is 32.0 Å². The molecule has 8 heteroatoms. The first kappa shape index (κ1) is 22.5. The monoisotopic (exact) mass is 560 g/mol. The molecule has 2 aromatic carbocycles. The standard InChI is InChI=1S/C24H21IN2O4S/c1-4-31-23(30)20-14(3)26-24-27(21(20)16-8-5-13(2)6-9-16)22(29)19(32-24)12-15-7-10-18(28)17(25)11-15/h5-12,21,28H,4H2,1-3H3/b19-12+/t21-/m0/s1. The van der Waals surface area contributed by atoms with E-state index in [1.165, 1.54) is 11.3 Å². The van der Waals surface area contributed by atoms with Gasteiger partial charge in [0.2, 0.25) is 0 Å². The van der Waals surface area contributed by atoms with E-state index in [9.17, 15) is 14.7 Å². The fourth-order valence-electron chi connectivity index (χ4n) is 3.62. The number of aromatic nitrogens is 1. The number of halogens is 1. The number of aromatic hydroxyl groups is 1. The van der Waals surface area contributed by atoms with Crippen LogP contribution in [0.15, 0.2) is 63.5 Å². The molecule has 0 unspecified atom stereocenters. The summed E-state index contributed by atoms with van der Waals surface area (Å²) in [6.07, 6.45) is 1.78. The largest absolute Gasteiger partial charge is 0.507 e. The maximum Gasteiger partial charge on any atom is 0.338 e. The Kier molecular flexibility index (Phi) is 6.34. The summed E-state index contributed by atoms with van der Waals surface area (Å²) in [7, 11) is 0. The number of fused-ring (bicyclic) bond motifs is 1. The summed E-state index contributed by atoms with van der Waals surface area (Å²) in [6.45, 7) is 5.75. The van der Waals surface area contributed by atoms with Gasteiger partial charge in [0, 0.05) is 0 Å². The van der Waals surface area contributed by atoms with Crippen LogP contribution < -0.4 is 14.9 Å². The van der Waals surface area contributed by atoms with E-state index in [0.29, 0.717) is 24.2 Å². The summed E-state index contributed by atoms with van der Waals surface area (Å²) in [5.41, 5.74) is 3.39. The molecule has 6 nitrogen and oxygen atoms in total. The first-order valence-electron chi connectivity index (χ1n) is 10.0. The van der Waals surface area contributed by atoms with Gasteiger partial charge in [-0.15, -0.1) is 0 Å². The quantitative estimate of drug-likeness (QED) is 0.392. The van der Waals surface area contributed by atoms with Gasteiger partial charge in [-0.05, 0) is 72.7 Å². The molecule has 1 N–H and O–H groups in total. The molecule has 32 heavy (non-hydrogen) atoms. The van der Waals surface area contributed by atoms with Crippen LogP contribution in [0.5, 0.6) is 5.75 Å². The smallest absolute Gasteiger partial charge is 0.338 e. The van der Waals surface area contributed by atoms with Gasteiger partial charge >= 0.3 is 5.97 Å². The highest BCUT2D eigenvalue weighted by molar-refractivity contribution is 14.1. The predicted molar refractivity (Wildman–Crippen MR) is 132 cm³/mol. The maximum absolute atomic E-state index is 13.5. The third-order valence-corrected chi connectivity index (χ3v) is 7.03. The zero-order chi connectivity index (χ0) is 23.0. The van der Waals surface area contributed by atoms with E-state index in [4.69, 9.17) is 4.74 Å². The summed E-state index contributed by atoms with van der Waals surface area (Å²) < 4.78 is 8.08. The van der Waals surface area contributed by atoms with Crippen molar-refractivity contribution < 1.29 is 14.6 Å². The number of hydrogen-bond donors (Lipinski definition) is 1. The first-order valence-corrected chi connectivity index (χ1v) is 11.9. The van der Waals surface area contributed by atoms with Gasteiger partial charge in [-0.3, -0.25) is 9.36 Å². The van der Waals surface area contributed by atoms with Crippen LogP contribution in [0, 0.1) is 10.5 Å². The second kappa shape index (κ2) is 9.03. The number of carbonyl (C=O) groups is 1. The van der Waals surface area contributed by atoms with Gasteiger partial charge in [-0.25, -0.2) is 9.79 Å². The van der Waals surface area contributed by atoms with E-state index in [1.807, 2.05) is 53.8 Å². The first-order chi connectivity index (χ1) is 15.3. The molecule has 0 aliphatic carbocycles. The molecule has 0 saturated heterocycles. The van der Waals surface area contributed by atoms with Crippen LogP contribution in [0.4, 0.5) is 0 Å². The van der Waals surface area contributed by atoms with Gasteiger partial charge in [0.25, 0.3) is 5.56 Å². The third kappa shape index (κ3) is 4.16. The van der Waals surface area contributed by atoms with Crippen LogP contribution in [-0.4, -0.2) is 22.2 Å². The predicted octanol–water partition coefficient (Wildman–Crippen LogP) is 3.42. The number of rotatable bonds is 4. The highest BCUT2D eigenvalue weighted by Gasteiger charge is 2.33. The fourth-order valence-corrected chi connectivity index (χ4v) is 5.21. The third-order valence-electron chi connectivity index (χ3n) is 5.18. The summed E-state index contributed by atoms with van der Waals surface area (Å²) in [5, 5.41) is 9.78. The number of allylic oxidation sites excluding steroid dienone is 1. The Labute approximate surface area is 202 Å². The number of phenols is 1. The van der Waals surface area contributed by atoms with E-state index < -0.39 is 12.0 Å². The molecule has 1 aliphatic heterocycles. The van der Waals surface area contributed by atoms with Crippen molar-refractivity contribution in [3.63, 3.8) is 0 Å². The number of hydrogen-bond acceptors (Lipinski definition) is 6. The molecule has 164 valence electrons. The van der Waals surface area contributed by atoms with Crippen LogP contribution in [0.25, 0.3) is 6.08 Å². The van der Waals surface area contributed by atoms with Crippen molar-refractivity contribution >= 4 is 46.0 Å². The minimum atomic E-state index is -0.618. The number of esters is 1. The lowest BCUT2D eigenvalue weighted by atomic mass is 9.95. The topological polar surface area (TPSA) is 80.9 Å². The maximum atomic E-state index is 13.5. The molecule has 1 atom stereocenters. The molecular weight excluding hydrogens is 539 g/mol. The molecule has 0 radical (unpaired) electrons. The molecule has 1 aromatic heterocycles. The number of thiazole rings is 1. The number of aryl methyl sites for hydroxylation is 1. The Hall–Kier alpha value is -2.72. The van der Waals surface area contributed by atoms with Crippen molar-refractivity contribution in [3.05, 3.63) is 93.7 Å². The highest BCUT2D eigenvalue weighted by atomic mass is 127. The zero-order valence-electron chi connectivity index (χ0n) is 17.8. The van der Waals surface area contributed by atoms with Crippen molar-refractivity contribution in [1.82, 2.24) is 4.57 Å². The van der Waals surface area contributed by atoms with E-state index in [2.05, 4.69) is 4.99 Å². The van der Waals surface area contributed by atoms with E-state index in [0.717, 1.165) is 16.7 Å². The second-order valence-corrected chi connectivity index (χ2v) is 9.60. The fraction of sp³-hybridized carbons (Fsp3) is 0.208. The van der Waals surface area contributed by atoms with Gasteiger partial charge in [0.15, 0.2) is 4.80 Å². The van der Waals surface area contributed by atoms with Crippen LogP contribution in [-0.2, 0) is 9.53 Å². The van der Waals surface area contributed by atoms with Gasteiger partial charge in [0.1, 0.15) is 5.75 Å². The van der Waals surface area contributed by atoms with Gasteiger partial charge < -0.3 is 9.84 Å². The van der Waals surface area contributed by atoms with Crippen molar-refractivity contribution in [3.8, 4) is 5.75 Å². The van der Waals surface area contributed by atoms with Gasteiger partial charge in [-0.2, -0.15) is 0 Å². The normalized spacial score (nSPS) is 16.0. The number of carbonyl (C=O) groups excluding carboxylic acids is 1. The van der Waals surface area contributed by atoms with Crippen molar-refractivity contribution in [2.75, 3.05) is 6.61 Å². The van der Waals surface area contributed by atoms with E-state index >= 15 is 0 Å². The minimum Gasteiger partial charge on any atom is -0.507 e. The molecule has 4 rings (SSSR count). The average Bonchev–Trinajstić information content (AvgIpc) is 3.05. The highest BCUT2D eigenvalue weighted by Crippen LogP contribution is 2.30. The molecule has 0 spiro atoms. The van der Waals surface area contributed by atoms with Crippen LogP contribution in [0.2, 0.25) is 0 Å². The van der Waals surface area contributed by atoms with Crippen molar-refractivity contribution in [2.45, 2.75) is 26.8 Å². The zero-order valence-corrected chi connectivity index (χ0v) is 20.7. The number of phenolic OH excluding ortho intramolecular Hbond substituents is 1. The van der Waals surface area contributed by atoms with Crippen molar-refractivity contribution in [1.29, 1.82) is 0 Å².